The number of rotatable bonds is 5. The SMILES string of the molecule is COc1ccc(C)cc1NC(=O)CN1C(=O)C(C(C)C)Oc2ccc(N)nc21. The van der Waals surface area contributed by atoms with E-state index in [1.54, 1.807) is 24.3 Å². The molecule has 3 rings (SSSR count). The molecule has 0 bridgehead atoms. The van der Waals surface area contributed by atoms with Crippen molar-refractivity contribution in [1.29, 1.82) is 0 Å². The Bertz CT molecular complexity index is 913. The highest BCUT2D eigenvalue weighted by Crippen LogP contribution is 2.35. The summed E-state index contributed by atoms with van der Waals surface area (Å²) in [6.45, 7) is 5.46. The van der Waals surface area contributed by atoms with Crippen molar-refractivity contribution in [1.82, 2.24) is 4.98 Å². The number of nitrogen functional groups attached to an aromatic ring is 1. The number of aromatic nitrogens is 1. The third-order valence-corrected chi connectivity index (χ3v) is 4.42. The Hall–Kier alpha value is -3.29. The molecule has 1 atom stereocenters. The number of hydrogen-bond acceptors (Lipinski definition) is 6. The first-order chi connectivity index (χ1) is 13.3. The number of aryl methyl sites for hydroxylation is 1. The molecule has 0 aliphatic carbocycles. The molecule has 28 heavy (non-hydrogen) atoms. The molecular formula is C20H24N4O4. The summed E-state index contributed by atoms with van der Waals surface area (Å²) in [7, 11) is 1.53. The van der Waals surface area contributed by atoms with Gasteiger partial charge in [-0.05, 0) is 42.7 Å². The number of nitrogens with zero attached hydrogens (tertiary/aromatic N) is 2. The monoisotopic (exact) mass is 384 g/mol. The first kappa shape index (κ1) is 19.5. The van der Waals surface area contributed by atoms with Crippen LogP contribution in [-0.4, -0.2) is 36.6 Å². The summed E-state index contributed by atoms with van der Waals surface area (Å²) < 4.78 is 11.1. The Labute approximate surface area is 163 Å². The number of hydrogen-bond donors (Lipinski definition) is 2. The molecule has 2 heterocycles. The third kappa shape index (κ3) is 3.85. The van der Waals surface area contributed by atoms with Crippen LogP contribution in [0.4, 0.5) is 17.3 Å². The minimum Gasteiger partial charge on any atom is -0.495 e. The summed E-state index contributed by atoms with van der Waals surface area (Å²) in [5.41, 5.74) is 7.28. The highest BCUT2D eigenvalue weighted by atomic mass is 16.5. The lowest BCUT2D eigenvalue weighted by molar-refractivity contribution is -0.129. The average Bonchev–Trinajstić information content (AvgIpc) is 2.64. The molecule has 0 radical (unpaired) electrons. The van der Waals surface area contributed by atoms with E-state index in [1.807, 2.05) is 26.8 Å². The number of nitrogens with one attached hydrogen (secondary N) is 1. The van der Waals surface area contributed by atoms with Gasteiger partial charge in [0.15, 0.2) is 17.7 Å². The van der Waals surface area contributed by atoms with E-state index in [1.165, 1.54) is 12.0 Å². The van der Waals surface area contributed by atoms with Crippen molar-refractivity contribution in [3.8, 4) is 11.5 Å². The second-order valence-corrected chi connectivity index (χ2v) is 7.02. The maximum atomic E-state index is 12.9. The van der Waals surface area contributed by atoms with E-state index in [4.69, 9.17) is 15.2 Å². The fourth-order valence-electron chi connectivity index (χ4n) is 3.01. The summed E-state index contributed by atoms with van der Waals surface area (Å²) in [6, 6.07) is 8.72. The third-order valence-electron chi connectivity index (χ3n) is 4.42. The molecule has 2 aromatic rings. The zero-order valence-electron chi connectivity index (χ0n) is 16.4. The number of benzene rings is 1. The van der Waals surface area contributed by atoms with E-state index in [2.05, 4.69) is 10.3 Å². The van der Waals surface area contributed by atoms with Gasteiger partial charge in [0.2, 0.25) is 5.91 Å². The molecule has 148 valence electrons. The number of nitrogens with two attached hydrogens (primary N) is 1. The highest BCUT2D eigenvalue weighted by molar-refractivity contribution is 6.06. The predicted molar refractivity (Wildman–Crippen MR) is 107 cm³/mol. The summed E-state index contributed by atoms with van der Waals surface area (Å²) >= 11 is 0. The van der Waals surface area contributed by atoms with Crippen LogP contribution in [0.2, 0.25) is 0 Å². The minimum atomic E-state index is -0.695. The van der Waals surface area contributed by atoms with Crippen LogP contribution in [0.15, 0.2) is 30.3 Å². The number of anilines is 3. The number of pyridine rings is 1. The molecule has 1 aromatic heterocycles. The normalized spacial score (nSPS) is 15.8. The number of methoxy groups -OCH3 is 1. The first-order valence-corrected chi connectivity index (χ1v) is 8.99. The van der Waals surface area contributed by atoms with Crippen LogP contribution in [0.25, 0.3) is 0 Å². The Kier molecular flexibility index (Phi) is 5.39. The minimum absolute atomic E-state index is 0.0689. The maximum Gasteiger partial charge on any atom is 0.270 e. The van der Waals surface area contributed by atoms with Crippen molar-refractivity contribution in [2.24, 2.45) is 5.92 Å². The van der Waals surface area contributed by atoms with Gasteiger partial charge < -0.3 is 20.5 Å². The van der Waals surface area contributed by atoms with Crippen LogP contribution in [-0.2, 0) is 9.59 Å². The molecule has 0 spiro atoms. The Balaban J connectivity index is 1.88. The van der Waals surface area contributed by atoms with Gasteiger partial charge in [0, 0.05) is 0 Å². The lowest BCUT2D eigenvalue weighted by Gasteiger charge is -2.34. The van der Waals surface area contributed by atoms with Crippen LogP contribution >= 0.6 is 0 Å². The van der Waals surface area contributed by atoms with Gasteiger partial charge in [-0.15, -0.1) is 0 Å². The maximum absolute atomic E-state index is 12.9. The molecule has 2 amide bonds. The van der Waals surface area contributed by atoms with Gasteiger partial charge in [0.05, 0.1) is 12.8 Å². The number of carbonyl (C=O) groups is 2. The Morgan fingerprint density at radius 2 is 2.11 bits per heavy atom. The van der Waals surface area contributed by atoms with Crippen LogP contribution in [0, 0.1) is 12.8 Å². The zero-order valence-corrected chi connectivity index (χ0v) is 16.4. The van der Waals surface area contributed by atoms with Crippen molar-refractivity contribution >= 4 is 29.1 Å². The molecule has 0 saturated heterocycles. The van der Waals surface area contributed by atoms with E-state index in [-0.39, 0.29) is 35.9 Å². The summed E-state index contributed by atoms with van der Waals surface area (Å²) in [6.07, 6.45) is -0.695. The van der Waals surface area contributed by atoms with Crippen LogP contribution in [0.3, 0.4) is 0 Å². The Morgan fingerprint density at radius 3 is 2.79 bits per heavy atom. The van der Waals surface area contributed by atoms with E-state index in [0.717, 1.165) is 5.56 Å². The number of ether oxygens (including phenoxy) is 2. The van der Waals surface area contributed by atoms with Crippen LogP contribution in [0.5, 0.6) is 11.5 Å². The summed E-state index contributed by atoms with van der Waals surface area (Å²) in [5, 5.41) is 2.80. The van der Waals surface area contributed by atoms with Crippen molar-refractivity contribution in [2.45, 2.75) is 26.9 Å². The van der Waals surface area contributed by atoms with E-state index in [0.29, 0.717) is 17.2 Å². The molecular weight excluding hydrogens is 360 g/mol. The largest absolute Gasteiger partial charge is 0.495 e. The molecule has 1 unspecified atom stereocenters. The molecule has 1 aliphatic rings. The number of carbonyl (C=O) groups excluding carboxylic acids is 2. The van der Waals surface area contributed by atoms with E-state index < -0.39 is 6.10 Å². The van der Waals surface area contributed by atoms with Crippen molar-refractivity contribution < 1.29 is 19.1 Å². The van der Waals surface area contributed by atoms with Gasteiger partial charge >= 0.3 is 0 Å². The van der Waals surface area contributed by atoms with Crippen LogP contribution in [0.1, 0.15) is 19.4 Å². The molecule has 1 aliphatic heterocycles. The average molecular weight is 384 g/mol. The molecule has 0 saturated carbocycles. The molecule has 3 N–H and O–H groups in total. The summed E-state index contributed by atoms with van der Waals surface area (Å²) in [4.78, 5) is 31.2. The van der Waals surface area contributed by atoms with Gasteiger partial charge in [0.1, 0.15) is 18.1 Å². The van der Waals surface area contributed by atoms with Gasteiger partial charge in [-0.25, -0.2) is 4.98 Å². The van der Waals surface area contributed by atoms with Crippen molar-refractivity contribution in [3.05, 3.63) is 35.9 Å². The van der Waals surface area contributed by atoms with E-state index in [9.17, 15) is 9.59 Å². The molecule has 0 fully saturated rings. The topological polar surface area (TPSA) is 107 Å². The second kappa shape index (κ2) is 7.75. The molecule has 1 aromatic carbocycles. The van der Waals surface area contributed by atoms with Crippen LogP contribution < -0.4 is 25.4 Å². The zero-order chi connectivity index (χ0) is 20.4. The second-order valence-electron chi connectivity index (χ2n) is 7.02. The lowest BCUT2D eigenvalue weighted by atomic mass is 10.0. The van der Waals surface area contributed by atoms with Gasteiger partial charge in [-0.1, -0.05) is 19.9 Å². The van der Waals surface area contributed by atoms with E-state index >= 15 is 0 Å². The van der Waals surface area contributed by atoms with Gasteiger partial charge in [-0.2, -0.15) is 0 Å². The van der Waals surface area contributed by atoms with Crippen molar-refractivity contribution in [2.75, 3.05) is 29.6 Å². The lowest BCUT2D eigenvalue weighted by Crippen LogP contribution is -2.51. The van der Waals surface area contributed by atoms with Gasteiger partial charge in [-0.3, -0.25) is 14.5 Å². The fourth-order valence-corrected chi connectivity index (χ4v) is 3.01. The number of fused-ring (bicyclic) bond motifs is 1. The quantitative estimate of drug-likeness (QED) is 0.820. The smallest absolute Gasteiger partial charge is 0.270 e. The fraction of sp³-hybridized carbons (Fsp3) is 0.350. The van der Waals surface area contributed by atoms with Crippen molar-refractivity contribution in [3.63, 3.8) is 0 Å². The standard InChI is InChI=1S/C20H24N4O4/c1-11(2)18-20(26)24(19-15(28-18)7-8-16(21)23-19)10-17(25)22-13-9-12(3)5-6-14(13)27-4/h5-9,11,18H,10H2,1-4H3,(H2,21,23)(H,22,25). The predicted octanol–water partition coefficient (Wildman–Crippen LogP) is 2.37. The summed E-state index contributed by atoms with van der Waals surface area (Å²) in [5.74, 6) is 0.671. The first-order valence-electron chi connectivity index (χ1n) is 8.99. The molecule has 8 heteroatoms. The molecule has 8 nitrogen and oxygen atoms in total. The Morgan fingerprint density at radius 1 is 1.36 bits per heavy atom. The highest BCUT2D eigenvalue weighted by Gasteiger charge is 2.38. The number of amides is 2. The van der Waals surface area contributed by atoms with Gasteiger partial charge in [0.25, 0.3) is 5.91 Å².